The molecule has 0 heterocycles. The van der Waals surface area contributed by atoms with Crippen LogP contribution in [0.4, 0.5) is 0 Å². The third-order valence-corrected chi connectivity index (χ3v) is 3.36. The maximum atomic E-state index is 10.1. The Morgan fingerprint density at radius 3 is 2.33 bits per heavy atom. The first-order valence-corrected chi connectivity index (χ1v) is 6.17. The van der Waals surface area contributed by atoms with Crippen molar-refractivity contribution in [1.82, 2.24) is 0 Å². The molecule has 0 amide bonds. The minimum Gasteiger partial charge on any atom is -0.493 e. The fraction of sp³-hybridized carbons (Fsp3) is 0.385. The number of ether oxygens (including phenoxy) is 3. The van der Waals surface area contributed by atoms with Crippen LogP contribution in [0.5, 0.6) is 17.2 Å². The maximum Gasteiger partial charge on any atom is 0.204 e. The van der Waals surface area contributed by atoms with Gasteiger partial charge in [-0.1, -0.05) is 6.08 Å². The van der Waals surface area contributed by atoms with Gasteiger partial charge < -0.3 is 19.3 Å². The number of benzene rings is 1. The van der Waals surface area contributed by atoms with Crippen molar-refractivity contribution in [2.45, 2.75) is 12.5 Å². The Morgan fingerprint density at radius 2 is 1.89 bits per heavy atom. The molecule has 0 saturated carbocycles. The Morgan fingerprint density at radius 1 is 1.28 bits per heavy atom. The lowest BCUT2D eigenvalue weighted by atomic mass is 10.1. The summed E-state index contributed by atoms with van der Waals surface area (Å²) in [6, 6.07) is 1.72. The average molecular weight is 317 g/mol. The molecule has 0 fully saturated rings. The second kappa shape index (κ2) is 6.66. The van der Waals surface area contributed by atoms with Gasteiger partial charge >= 0.3 is 0 Å². The quantitative estimate of drug-likeness (QED) is 0.819. The highest BCUT2D eigenvalue weighted by atomic mass is 79.9. The molecule has 1 aromatic rings. The van der Waals surface area contributed by atoms with Crippen molar-refractivity contribution in [3.05, 3.63) is 28.8 Å². The van der Waals surface area contributed by atoms with Gasteiger partial charge in [-0.05, 0) is 28.4 Å². The van der Waals surface area contributed by atoms with Gasteiger partial charge in [-0.15, -0.1) is 6.58 Å². The van der Waals surface area contributed by atoms with E-state index in [1.54, 1.807) is 12.1 Å². The molecule has 1 unspecified atom stereocenters. The Labute approximate surface area is 115 Å². The summed E-state index contributed by atoms with van der Waals surface area (Å²) in [5.74, 6) is 1.49. The molecular formula is C13H17BrO4. The smallest absolute Gasteiger partial charge is 0.204 e. The van der Waals surface area contributed by atoms with Gasteiger partial charge in [-0.3, -0.25) is 0 Å². The highest BCUT2D eigenvalue weighted by molar-refractivity contribution is 9.10. The van der Waals surface area contributed by atoms with Crippen LogP contribution in [0.3, 0.4) is 0 Å². The van der Waals surface area contributed by atoms with E-state index >= 15 is 0 Å². The second-order valence-corrected chi connectivity index (χ2v) is 4.38. The molecule has 0 saturated heterocycles. The van der Waals surface area contributed by atoms with E-state index in [4.69, 9.17) is 14.2 Å². The van der Waals surface area contributed by atoms with Gasteiger partial charge in [0.25, 0.3) is 0 Å². The van der Waals surface area contributed by atoms with Crippen molar-refractivity contribution in [1.29, 1.82) is 0 Å². The standard InChI is InChI=1S/C13H17BrO4/c1-5-6-9(15)8-7-10(16-2)12(17-3)13(18-4)11(8)14/h5,7,9,15H,1,6H2,2-4H3. The molecule has 0 aliphatic heterocycles. The molecule has 1 atom stereocenters. The summed E-state index contributed by atoms with van der Waals surface area (Å²) in [7, 11) is 4.60. The molecule has 100 valence electrons. The van der Waals surface area contributed by atoms with Crippen LogP contribution in [0, 0.1) is 0 Å². The summed E-state index contributed by atoms with van der Waals surface area (Å²) in [4.78, 5) is 0. The average Bonchev–Trinajstić information content (AvgIpc) is 2.38. The van der Waals surface area contributed by atoms with E-state index < -0.39 is 6.10 Å². The van der Waals surface area contributed by atoms with Crippen LogP contribution >= 0.6 is 15.9 Å². The van der Waals surface area contributed by atoms with Gasteiger partial charge in [-0.25, -0.2) is 0 Å². The molecule has 4 nitrogen and oxygen atoms in total. The largest absolute Gasteiger partial charge is 0.493 e. The SMILES string of the molecule is C=CCC(O)c1cc(OC)c(OC)c(OC)c1Br. The molecular weight excluding hydrogens is 300 g/mol. The number of methoxy groups -OCH3 is 3. The lowest BCUT2D eigenvalue weighted by molar-refractivity contribution is 0.179. The van der Waals surface area contributed by atoms with E-state index in [1.165, 1.54) is 21.3 Å². The Hall–Kier alpha value is -1.20. The van der Waals surface area contributed by atoms with Crippen LogP contribution in [-0.2, 0) is 0 Å². The summed E-state index contributed by atoms with van der Waals surface area (Å²) < 4.78 is 16.4. The molecule has 1 aromatic carbocycles. The monoisotopic (exact) mass is 316 g/mol. The molecule has 5 heteroatoms. The molecule has 18 heavy (non-hydrogen) atoms. The lowest BCUT2D eigenvalue weighted by Crippen LogP contribution is -2.02. The topological polar surface area (TPSA) is 47.9 Å². The summed E-state index contributed by atoms with van der Waals surface area (Å²) in [6.45, 7) is 3.61. The first-order valence-electron chi connectivity index (χ1n) is 5.38. The predicted octanol–water partition coefficient (Wildman–Crippen LogP) is 3.08. The highest BCUT2D eigenvalue weighted by Gasteiger charge is 2.22. The lowest BCUT2D eigenvalue weighted by Gasteiger charge is -2.19. The van der Waals surface area contributed by atoms with Gasteiger partial charge in [0.1, 0.15) is 0 Å². The zero-order chi connectivity index (χ0) is 13.7. The van der Waals surface area contributed by atoms with E-state index in [1.807, 2.05) is 0 Å². The van der Waals surface area contributed by atoms with Crippen molar-refractivity contribution in [3.8, 4) is 17.2 Å². The normalized spacial score (nSPS) is 11.8. The fourth-order valence-corrected chi connectivity index (χ4v) is 2.39. The predicted molar refractivity (Wildman–Crippen MR) is 73.6 cm³/mol. The van der Waals surface area contributed by atoms with Crippen LogP contribution in [0.2, 0.25) is 0 Å². The molecule has 0 aromatic heterocycles. The number of hydrogen-bond acceptors (Lipinski definition) is 4. The first-order chi connectivity index (χ1) is 8.60. The van der Waals surface area contributed by atoms with E-state index in [2.05, 4.69) is 22.5 Å². The van der Waals surface area contributed by atoms with E-state index in [9.17, 15) is 5.11 Å². The molecule has 1 N–H and O–H groups in total. The summed E-state index contributed by atoms with van der Waals surface area (Å²) in [6.07, 6.45) is 1.42. The first kappa shape index (κ1) is 14.9. The van der Waals surface area contributed by atoms with Gasteiger partial charge in [0.05, 0.1) is 31.9 Å². The van der Waals surface area contributed by atoms with Crippen molar-refractivity contribution >= 4 is 15.9 Å². The van der Waals surface area contributed by atoms with Gasteiger partial charge in [-0.2, -0.15) is 0 Å². The molecule has 0 spiro atoms. The van der Waals surface area contributed by atoms with Crippen molar-refractivity contribution in [3.63, 3.8) is 0 Å². The minimum absolute atomic E-state index is 0.442. The number of rotatable bonds is 6. The van der Waals surface area contributed by atoms with Gasteiger partial charge in [0.15, 0.2) is 11.5 Å². The van der Waals surface area contributed by atoms with E-state index in [-0.39, 0.29) is 0 Å². The summed E-state index contributed by atoms with van der Waals surface area (Å²) in [5, 5.41) is 10.1. The van der Waals surface area contributed by atoms with Gasteiger partial charge in [0.2, 0.25) is 5.75 Å². The molecule has 1 rings (SSSR count). The zero-order valence-electron chi connectivity index (χ0n) is 10.7. The Kier molecular flexibility index (Phi) is 5.50. The van der Waals surface area contributed by atoms with Crippen LogP contribution in [0.15, 0.2) is 23.2 Å². The number of aliphatic hydroxyl groups excluding tert-OH is 1. The maximum absolute atomic E-state index is 10.1. The summed E-state index contributed by atoms with van der Waals surface area (Å²) >= 11 is 3.41. The van der Waals surface area contributed by atoms with E-state index in [0.29, 0.717) is 33.7 Å². The van der Waals surface area contributed by atoms with Crippen LogP contribution in [-0.4, -0.2) is 26.4 Å². The fourth-order valence-electron chi connectivity index (χ4n) is 1.67. The second-order valence-electron chi connectivity index (χ2n) is 3.59. The number of hydrogen-bond donors (Lipinski definition) is 1. The zero-order valence-corrected chi connectivity index (χ0v) is 12.3. The molecule has 0 aliphatic carbocycles. The minimum atomic E-state index is -0.675. The van der Waals surface area contributed by atoms with E-state index in [0.717, 1.165) is 0 Å². The Balaban J connectivity index is 3.40. The molecule has 0 bridgehead atoms. The molecule has 0 aliphatic rings. The van der Waals surface area contributed by atoms with Gasteiger partial charge in [0, 0.05) is 5.56 Å². The molecule has 0 radical (unpaired) electrons. The third-order valence-electron chi connectivity index (χ3n) is 2.55. The van der Waals surface area contributed by atoms with Crippen molar-refractivity contribution in [2.24, 2.45) is 0 Å². The Bertz CT molecular complexity index is 431. The third kappa shape index (κ3) is 2.79. The number of halogens is 1. The highest BCUT2D eigenvalue weighted by Crippen LogP contribution is 2.46. The van der Waals surface area contributed by atoms with Crippen LogP contribution in [0.1, 0.15) is 18.1 Å². The van der Waals surface area contributed by atoms with Crippen molar-refractivity contribution in [2.75, 3.05) is 21.3 Å². The number of aliphatic hydroxyl groups is 1. The van der Waals surface area contributed by atoms with Crippen LogP contribution < -0.4 is 14.2 Å². The summed E-state index contributed by atoms with van der Waals surface area (Å²) in [5.41, 5.74) is 0.671. The van der Waals surface area contributed by atoms with Crippen molar-refractivity contribution < 1.29 is 19.3 Å². The van der Waals surface area contributed by atoms with Crippen LogP contribution in [0.25, 0.3) is 0 Å².